The number of piperidine rings is 1. The number of aryl methyl sites for hydroxylation is 1. The van der Waals surface area contributed by atoms with Gasteiger partial charge >= 0.3 is 6.18 Å². The summed E-state index contributed by atoms with van der Waals surface area (Å²) in [7, 11) is 9.89. The molecule has 1 aromatic rings. The SMILES string of the molecule is CC(C)C[C@H]1C(=O)N[C@@H](C2CC2)C(=O)N(C)CC(=O)N(C)CC(=O)N(C)[C@@H](CC2CCCCC2)C(=O)N(C)CC(=O)N[C@@H](CCc2ccc(C(F)(F)F)c(Cl)c2)C(=O)N2CCCC2C(=O)NC2(CCCC2)C(=O)N(C)[C@@H](C(C)C)C(=O)N(C)[C@H](C(=O)N2CCCCC2)CC(=O)N1C. The van der Waals surface area contributed by atoms with E-state index in [9.17, 15) is 56.3 Å². The van der Waals surface area contributed by atoms with E-state index in [2.05, 4.69) is 16.0 Å². The molecule has 0 bridgehead atoms. The molecule has 540 valence electrons. The van der Waals surface area contributed by atoms with Crippen molar-refractivity contribution < 1.29 is 70.7 Å². The number of amides is 12. The van der Waals surface area contributed by atoms with Gasteiger partial charge in [-0.3, -0.25) is 57.5 Å². The fraction of sp³-hybridized carbons (Fsp3) is 0.739. The minimum atomic E-state index is -4.76. The highest BCUT2D eigenvalue weighted by atomic mass is 35.5. The van der Waals surface area contributed by atoms with Crippen molar-refractivity contribution >= 4 is 82.5 Å². The highest BCUT2D eigenvalue weighted by molar-refractivity contribution is 6.31. The monoisotopic (exact) mass is 1380 g/mol. The summed E-state index contributed by atoms with van der Waals surface area (Å²) in [5, 5.41) is 8.10. The maximum Gasteiger partial charge on any atom is 0.417 e. The van der Waals surface area contributed by atoms with Gasteiger partial charge in [-0.2, -0.15) is 13.2 Å². The van der Waals surface area contributed by atoms with Gasteiger partial charge in [0.15, 0.2) is 0 Å². The number of carbonyl (C=O) groups excluding carboxylic acids is 12. The lowest BCUT2D eigenvalue weighted by atomic mass is 9.84. The number of alkyl halides is 3. The predicted molar refractivity (Wildman–Crippen MR) is 355 cm³/mol. The fourth-order valence-electron chi connectivity index (χ4n) is 14.7. The summed E-state index contributed by atoms with van der Waals surface area (Å²) in [6, 6.07) is -5.50. The van der Waals surface area contributed by atoms with Gasteiger partial charge < -0.3 is 60.0 Å². The minimum absolute atomic E-state index is 0.0240. The first-order valence-electron chi connectivity index (χ1n) is 34.8. The van der Waals surface area contributed by atoms with Gasteiger partial charge in [0.2, 0.25) is 70.9 Å². The molecule has 3 saturated heterocycles. The summed E-state index contributed by atoms with van der Waals surface area (Å²) in [5.74, 6) is -8.78. The lowest BCUT2D eigenvalue weighted by Gasteiger charge is -2.42. The van der Waals surface area contributed by atoms with E-state index in [1.165, 1.54) is 84.8 Å². The second-order valence-corrected chi connectivity index (χ2v) is 29.4. The van der Waals surface area contributed by atoms with E-state index in [-0.39, 0.29) is 69.2 Å². The summed E-state index contributed by atoms with van der Waals surface area (Å²) in [5.41, 5.74) is -2.35. The van der Waals surface area contributed by atoms with Crippen LogP contribution in [0, 0.1) is 23.7 Å². The molecule has 97 heavy (non-hydrogen) atoms. The largest absolute Gasteiger partial charge is 0.417 e. The van der Waals surface area contributed by atoms with Gasteiger partial charge in [-0.15, -0.1) is 0 Å². The number of hydrogen-bond acceptors (Lipinski definition) is 12. The Balaban J connectivity index is 1.26. The van der Waals surface area contributed by atoms with Crippen molar-refractivity contribution in [2.45, 2.75) is 217 Å². The highest BCUT2D eigenvalue weighted by Gasteiger charge is 2.51. The van der Waals surface area contributed by atoms with Crippen molar-refractivity contribution in [1.82, 2.24) is 60.0 Å². The third kappa shape index (κ3) is 19.4. The smallest absolute Gasteiger partial charge is 0.343 e. The molecule has 0 radical (unpaired) electrons. The van der Waals surface area contributed by atoms with Crippen molar-refractivity contribution in [3.63, 3.8) is 0 Å². The highest BCUT2D eigenvalue weighted by Crippen LogP contribution is 2.38. The summed E-state index contributed by atoms with van der Waals surface area (Å²) >= 11 is 6.14. The van der Waals surface area contributed by atoms with E-state index in [0.29, 0.717) is 63.6 Å². The number of nitrogens with zero attached hydrogens (tertiary/aromatic N) is 9. The van der Waals surface area contributed by atoms with Crippen LogP contribution in [0.2, 0.25) is 5.02 Å². The first kappa shape index (κ1) is 77.3. The molecular weight excluding hydrogens is 1280 g/mol. The Hall–Kier alpha value is -7.06. The predicted octanol–water partition coefficient (Wildman–Crippen LogP) is 4.86. The van der Waals surface area contributed by atoms with Crippen molar-refractivity contribution in [2.75, 3.05) is 88.6 Å². The van der Waals surface area contributed by atoms with E-state index >= 15 is 14.4 Å². The Morgan fingerprint density at radius 2 is 1.23 bits per heavy atom. The van der Waals surface area contributed by atoms with Crippen LogP contribution in [0.15, 0.2) is 18.2 Å². The standard InChI is InChI=1S/C69H104ClF3N12O12/c1-42(2)35-51-60(90)75-58(46-26-27-46)65(95)79(7)40-56(88)77(5)41-57(89)81(9)52(37-44-21-14-12-15-22-44)63(93)78(6)39-54(86)74-49(29-25-45-24-28-47(48(70)36-45)69(71,72)73)62(92)85-34-20-23-50(85)61(91)76-68(30-16-17-31-68)67(97)83(11)59(43(3)4)66(96)82(10)53(38-55(87)80(51)8)64(94)84-32-18-13-19-33-84/h24,28,36,42-44,46,49-53,58-59H,12-23,25-27,29-35,37-41H2,1-11H3,(H,74,86)(H,75,90)(H,76,91)/t49-,50?,51-,52-,53-,58-,59-/m0/s1. The molecule has 24 nitrogen and oxygen atoms in total. The number of carbonyl (C=O) groups is 12. The number of nitrogens with one attached hydrogen (secondary N) is 3. The van der Waals surface area contributed by atoms with Gasteiger partial charge in [-0.1, -0.05) is 90.3 Å². The number of likely N-dealkylation sites (tertiary alicyclic amines) is 1. The second kappa shape index (κ2) is 33.7. The maximum atomic E-state index is 15.4. The first-order valence-corrected chi connectivity index (χ1v) is 35.2. The van der Waals surface area contributed by atoms with Gasteiger partial charge in [0.25, 0.3) is 0 Å². The number of hydrogen-bond donors (Lipinski definition) is 3. The average Bonchev–Trinajstić information content (AvgIpc) is 1.76. The van der Waals surface area contributed by atoms with E-state index in [4.69, 9.17) is 11.6 Å². The topological polar surface area (TPSA) is 270 Å². The molecule has 3 saturated carbocycles. The molecule has 1 spiro atoms. The molecule has 7 atom stereocenters. The van der Waals surface area contributed by atoms with E-state index in [0.717, 1.165) is 60.5 Å². The molecule has 12 amide bonds. The molecular formula is C69H104ClF3N12O12. The Morgan fingerprint density at radius 3 is 1.82 bits per heavy atom. The average molecular weight is 1390 g/mol. The zero-order valence-electron chi connectivity index (χ0n) is 58.6. The van der Waals surface area contributed by atoms with Gasteiger partial charge in [0, 0.05) is 69.0 Å². The van der Waals surface area contributed by atoms with Crippen molar-refractivity contribution in [2.24, 2.45) is 23.7 Å². The number of halogens is 4. The molecule has 28 heteroatoms. The quantitative estimate of drug-likeness (QED) is 0.284. The molecule has 3 N–H and O–H groups in total. The maximum absolute atomic E-state index is 15.4. The molecule has 1 aromatic carbocycles. The van der Waals surface area contributed by atoms with Crippen LogP contribution in [0.1, 0.15) is 167 Å². The normalized spacial score (nSPS) is 26.8. The van der Waals surface area contributed by atoms with Crippen molar-refractivity contribution in [3.8, 4) is 0 Å². The van der Waals surface area contributed by atoms with Crippen LogP contribution in [0.4, 0.5) is 13.2 Å². The minimum Gasteiger partial charge on any atom is -0.343 e. The molecule has 0 aromatic heterocycles. The van der Waals surface area contributed by atoms with Crippen LogP contribution in [0.3, 0.4) is 0 Å². The van der Waals surface area contributed by atoms with Gasteiger partial charge in [-0.25, -0.2) is 0 Å². The lowest BCUT2D eigenvalue weighted by molar-refractivity contribution is -0.156. The summed E-state index contributed by atoms with van der Waals surface area (Å²) in [6.45, 7) is 6.33. The zero-order chi connectivity index (χ0) is 71.5. The number of benzene rings is 1. The Kier molecular flexibility index (Phi) is 26.8. The summed E-state index contributed by atoms with van der Waals surface area (Å²) in [6.07, 6.45) is 4.32. The van der Waals surface area contributed by atoms with Gasteiger partial charge in [0.1, 0.15) is 47.8 Å². The molecule has 7 rings (SSSR count). The van der Waals surface area contributed by atoms with Crippen LogP contribution in [0.25, 0.3) is 0 Å². The zero-order valence-corrected chi connectivity index (χ0v) is 59.4. The molecule has 1 unspecified atom stereocenters. The summed E-state index contributed by atoms with van der Waals surface area (Å²) < 4.78 is 41.5. The van der Waals surface area contributed by atoms with Crippen LogP contribution in [0.5, 0.6) is 0 Å². The van der Waals surface area contributed by atoms with Crippen LogP contribution >= 0.6 is 11.6 Å². The van der Waals surface area contributed by atoms with E-state index in [1.54, 1.807) is 18.7 Å². The molecule has 6 fully saturated rings. The fourth-order valence-corrected chi connectivity index (χ4v) is 15.1. The number of fused-ring (bicyclic) bond motifs is 1. The Morgan fingerprint density at radius 1 is 0.619 bits per heavy atom. The molecule has 3 aliphatic heterocycles. The van der Waals surface area contributed by atoms with Crippen LogP contribution < -0.4 is 16.0 Å². The first-order chi connectivity index (χ1) is 45.7. The van der Waals surface area contributed by atoms with Gasteiger partial charge in [0.05, 0.1) is 36.6 Å². The Labute approximate surface area is 574 Å². The van der Waals surface area contributed by atoms with Crippen LogP contribution in [-0.2, 0) is 70.1 Å². The third-order valence-corrected chi connectivity index (χ3v) is 21.1. The lowest BCUT2D eigenvalue weighted by Crippen LogP contribution is -2.65. The number of rotatable bonds is 10. The van der Waals surface area contributed by atoms with E-state index in [1.807, 2.05) is 13.8 Å². The third-order valence-electron chi connectivity index (χ3n) is 20.8. The Bertz CT molecular complexity index is 3060. The van der Waals surface area contributed by atoms with E-state index < -0.39 is 167 Å². The van der Waals surface area contributed by atoms with Crippen molar-refractivity contribution in [3.05, 3.63) is 34.3 Å². The van der Waals surface area contributed by atoms with Crippen molar-refractivity contribution in [1.29, 1.82) is 0 Å². The number of likely N-dealkylation sites (N-methyl/N-ethyl adjacent to an activating group) is 7. The second-order valence-electron chi connectivity index (χ2n) is 29.0. The molecule has 3 aliphatic carbocycles. The van der Waals surface area contributed by atoms with Crippen LogP contribution in [-0.4, -0.2) is 251 Å². The van der Waals surface area contributed by atoms with Gasteiger partial charge in [-0.05, 0) is 125 Å². The summed E-state index contributed by atoms with van der Waals surface area (Å²) in [4.78, 5) is 189. The molecule has 3 heterocycles. The molecule has 6 aliphatic rings.